The molecule has 152 valence electrons. The molecule has 0 N–H and O–H groups in total. The summed E-state index contributed by atoms with van der Waals surface area (Å²) in [4.78, 5) is 21.5. The maximum Gasteiger partial charge on any atom is 0.449 e. The maximum absolute atomic E-state index is 13.3. The van der Waals surface area contributed by atoms with Crippen LogP contribution in [0.1, 0.15) is 6.92 Å². The van der Waals surface area contributed by atoms with Crippen molar-refractivity contribution in [2.45, 2.75) is 43.4 Å². The van der Waals surface area contributed by atoms with Gasteiger partial charge in [0.2, 0.25) is 12.3 Å². The highest BCUT2D eigenvalue weighted by atomic mass is 19.3. The van der Waals surface area contributed by atoms with E-state index in [0.717, 1.165) is 6.92 Å². The predicted molar refractivity (Wildman–Crippen MR) is 58.2 cm³/mol. The van der Waals surface area contributed by atoms with Crippen molar-refractivity contribution in [2.75, 3.05) is 13.2 Å². The summed E-state index contributed by atoms with van der Waals surface area (Å²) >= 11 is 0. The van der Waals surface area contributed by atoms with Crippen molar-refractivity contribution in [1.82, 2.24) is 0 Å². The monoisotopic (exact) mass is 408 g/mol. The Morgan fingerprint density at radius 3 is 1.85 bits per heavy atom. The van der Waals surface area contributed by atoms with E-state index in [1.165, 1.54) is 0 Å². The molecule has 1 unspecified atom stereocenters. The average molecular weight is 408 g/mol. The summed E-state index contributed by atoms with van der Waals surface area (Å²) in [5, 5.41) is 0. The molecular weight excluding hydrogens is 399 g/mol. The first-order valence-corrected chi connectivity index (χ1v) is 6.44. The molecule has 0 amide bonds. The van der Waals surface area contributed by atoms with Gasteiger partial charge in [0.15, 0.2) is 0 Å². The third kappa shape index (κ3) is 4.37. The average Bonchev–Trinajstić information content (AvgIpc) is 2.71. The minimum atomic E-state index is -6.02. The highest BCUT2D eigenvalue weighted by Gasteiger charge is 2.67. The van der Waals surface area contributed by atoms with Gasteiger partial charge >= 0.3 is 36.2 Å². The van der Waals surface area contributed by atoms with Crippen molar-refractivity contribution in [2.24, 2.45) is 0 Å². The molecule has 6 nitrogen and oxygen atoms in total. The lowest BCUT2D eigenvalue weighted by Gasteiger charge is -2.30. The zero-order valence-corrected chi connectivity index (χ0v) is 12.4. The Morgan fingerprint density at radius 1 is 0.885 bits per heavy atom. The predicted octanol–water partition coefficient (Wildman–Crippen LogP) is 2.26. The zero-order valence-electron chi connectivity index (χ0n) is 12.4. The van der Waals surface area contributed by atoms with Gasteiger partial charge in [-0.25, -0.2) is 14.0 Å². The van der Waals surface area contributed by atoms with Gasteiger partial charge < -0.3 is 14.2 Å². The minimum absolute atomic E-state index is 0.858. The zero-order chi connectivity index (χ0) is 20.6. The Kier molecular flexibility index (Phi) is 6.20. The van der Waals surface area contributed by atoms with E-state index in [1.807, 2.05) is 0 Å². The summed E-state index contributed by atoms with van der Waals surface area (Å²) in [6, 6.07) is 0. The molecule has 0 aliphatic carbocycles. The molecule has 1 rings (SSSR count). The van der Waals surface area contributed by atoms with Crippen molar-refractivity contribution in [3.8, 4) is 0 Å². The van der Waals surface area contributed by atoms with Crippen molar-refractivity contribution in [3.63, 3.8) is 0 Å². The number of cyclic esters (lactones) is 2. The molecule has 26 heavy (non-hydrogen) atoms. The second-order valence-electron chi connectivity index (χ2n) is 4.66. The Bertz CT molecular complexity index is 552. The minimum Gasteiger partial charge on any atom is -0.389 e. The van der Waals surface area contributed by atoms with Crippen LogP contribution < -0.4 is 0 Å². The molecule has 0 aromatic rings. The number of carbonyl (C=O) groups excluding carboxylic acids is 2. The van der Waals surface area contributed by atoms with Crippen molar-refractivity contribution in [1.29, 1.82) is 0 Å². The topological polar surface area (TPSA) is 71.1 Å². The van der Waals surface area contributed by atoms with E-state index in [-0.39, 0.29) is 0 Å². The number of hydrogen-bond acceptors (Lipinski definition) is 6. The lowest BCUT2D eigenvalue weighted by Crippen LogP contribution is -2.53. The van der Waals surface area contributed by atoms with Crippen LogP contribution in [0.5, 0.6) is 0 Å². The van der Waals surface area contributed by atoms with E-state index < -0.39 is 61.7 Å². The quantitative estimate of drug-likeness (QED) is 0.331. The van der Waals surface area contributed by atoms with Crippen molar-refractivity contribution < 1.29 is 68.1 Å². The molecule has 0 radical (unpaired) electrons. The second kappa shape index (κ2) is 7.19. The Morgan fingerprint density at radius 2 is 1.42 bits per heavy atom. The molecular formula is C11H9F9O6. The summed E-state index contributed by atoms with van der Waals surface area (Å²) in [7, 11) is 0. The number of carbonyl (C=O) groups is 2. The lowest BCUT2D eigenvalue weighted by molar-refractivity contribution is -0.452. The number of halogens is 9. The van der Waals surface area contributed by atoms with E-state index in [1.54, 1.807) is 0 Å². The summed E-state index contributed by atoms with van der Waals surface area (Å²) in [5.41, 5.74) is 0. The molecule has 1 heterocycles. The number of rotatable bonds is 9. The molecule has 0 spiro atoms. The highest BCUT2D eigenvalue weighted by molar-refractivity contribution is 5.99. The van der Waals surface area contributed by atoms with Gasteiger partial charge in [0.1, 0.15) is 6.61 Å². The van der Waals surface area contributed by atoms with Crippen LogP contribution in [-0.2, 0) is 28.5 Å². The fourth-order valence-corrected chi connectivity index (χ4v) is 1.43. The summed E-state index contributed by atoms with van der Waals surface area (Å²) in [6.07, 6.45) is -23.7. The summed E-state index contributed by atoms with van der Waals surface area (Å²) in [6.45, 7) is -3.08. The number of hydrogen-bond donors (Lipinski definition) is 0. The molecule has 1 fully saturated rings. The van der Waals surface area contributed by atoms with E-state index >= 15 is 0 Å². The van der Waals surface area contributed by atoms with Crippen LogP contribution in [0.3, 0.4) is 0 Å². The van der Waals surface area contributed by atoms with Gasteiger partial charge in [0.05, 0.1) is 6.61 Å². The first kappa shape index (κ1) is 22.4. The van der Waals surface area contributed by atoms with Crippen LogP contribution in [0, 0.1) is 0 Å². The third-order valence-electron chi connectivity index (χ3n) is 2.72. The Labute approximate surface area is 138 Å². The molecule has 1 aliphatic heterocycles. The van der Waals surface area contributed by atoms with Crippen LogP contribution in [0.15, 0.2) is 0 Å². The van der Waals surface area contributed by atoms with Gasteiger partial charge in [-0.05, 0) is 6.92 Å². The standard InChI is InChI=1S/C11H9F9O6/c1-2-23-9(15,16)8(13,14)3-24-10(17,18)11(19,20)26-5-4(12)6(21)25-7(5)22/h4-5H,2-3H2,1H3/t4-,5?/m1/s1. The molecule has 1 aliphatic rings. The lowest BCUT2D eigenvalue weighted by atomic mass is 10.2. The molecule has 0 aromatic heterocycles. The highest BCUT2D eigenvalue weighted by Crippen LogP contribution is 2.42. The number of esters is 2. The van der Waals surface area contributed by atoms with Crippen LogP contribution in [-0.4, -0.2) is 61.7 Å². The summed E-state index contributed by atoms with van der Waals surface area (Å²) in [5.74, 6) is -9.57. The van der Waals surface area contributed by atoms with Crippen LogP contribution in [0.2, 0.25) is 0 Å². The maximum atomic E-state index is 13.3. The van der Waals surface area contributed by atoms with Gasteiger partial charge in [0.25, 0.3) is 0 Å². The second-order valence-corrected chi connectivity index (χ2v) is 4.66. The van der Waals surface area contributed by atoms with E-state index in [0.29, 0.717) is 0 Å². The van der Waals surface area contributed by atoms with Gasteiger partial charge in [-0.1, -0.05) is 0 Å². The van der Waals surface area contributed by atoms with Gasteiger partial charge in [-0.15, -0.1) is 0 Å². The first-order chi connectivity index (χ1) is 11.6. The Balaban J connectivity index is 2.85. The van der Waals surface area contributed by atoms with E-state index in [4.69, 9.17) is 0 Å². The van der Waals surface area contributed by atoms with Crippen LogP contribution in [0.25, 0.3) is 0 Å². The van der Waals surface area contributed by atoms with Crippen LogP contribution in [0.4, 0.5) is 39.5 Å². The molecule has 15 heteroatoms. The van der Waals surface area contributed by atoms with Gasteiger partial charge in [-0.3, -0.25) is 4.74 Å². The first-order valence-electron chi connectivity index (χ1n) is 6.44. The smallest absolute Gasteiger partial charge is 0.389 e. The number of alkyl halides is 9. The molecule has 0 bridgehead atoms. The fraction of sp³-hybridized carbons (Fsp3) is 0.818. The molecule has 1 saturated heterocycles. The fourth-order valence-electron chi connectivity index (χ4n) is 1.43. The molecule has 2 atom stereocenters. The van der Waals surface area contributed by atoms with E-state index in [2.05, 4.69) is 18.9 Å². The largest absolute Gasteiger partial charge is 0.449 e. The third-order valence-corrected chi connectivity index (χ3v) is 2.72. The Hall–Kier alpha value is -1.61. The summed E-state index contributed by atoms with van der Waals surface area (Å²) < 4.78 is 131. The SMILES string of the molecule is CCOC(F)(F)C(F)(F)COC(F)(F)C(F)(F)OC1C(=O)OC(=O)[C@@H]1F. The van der Waals surface area contributed by atoms with Crippen molar-refractivity contribution in [3.05, 3.63) is 0 Å². The normalized spacial score (nSPS) is 22.7. The van der Waals surface area contributed by atoms with Gasteiger partial charge in [-0.2, -0.15) is 35.1 Å². The van der Waals surface area contributed by atoms with Gasteiger partial charge in [0, 0.05) is 0 Å². The number of ether oxygens (including phenoxy) is 4. The molecule has 0 aromatic carbocycles. The molecule has 0 saturated carbocycles. The van der Waals surface area contributed by atoms with E-state index in [9.17, 15) is 49.1 Å². The van der Waals surface area contributed by atoms with Crippen LogP contribution >= 0.6 is 0 Å². The van der Waals surface area contributed by atoms with Crippen molar-refractivity contribution >= 4 is 11.9 Å².